The summed E-state index contributed by atoms with van der Waals surface area (Å²) in [5, 5.41) is 14.0. The van der Waals surface area contributed by atoms with Gasteiger partial charge in [0, 0.05) is 24.0 Å². The summed E-state index contributed by atoms with van der Waals surface area (Å²) in [7, 11) is 0. The number of H-pyrrole nitrogens is 2. The second-order valence-electron chi connectivity index (χ2n) is 5.13. The van der Waals surface area contributed by atoms with Gasteiger partial charge in [-0.2, -0.15) is 5.10 Å². The van der Waals surface area contributed by atoms with Gasteiger partial charge in [-0.05, 0) is 18.2 Å². The Balaban J connectivity index is 1.50. The van der Waals surface area contributed by atoms with E-state index in [-0.39, 0.29) is 11.9 Å². The number of carbonyl (C=O) groups excluding carboxylic acids is 1. The van der Waals surface area contributed by atoms with Crippen molar-refractivity contribution in [3.8, 4) is 0 Å². The van der Waals surface area contributed by atoms with Crippen LogP contribution in [0, 0.1) is 0 Å². The third kappa shape index (κ3) is 2.17. The molecule has 1 unspecified atom stereocenters. The molecule has 3 heterocycles. The first-order valence-electron chi connectivity index (χ1n) is 6.78. The van der Waals surface area contributed by atoms with Crippen LogP contribution in [0.15, 0.2) is 30.7 Å². The number of nitrogens with zero attached hydrogens (tertiary/aromatic N) is 2. The molecular formula is C14H14N6O. The van der Waals surface area contributed by atoms with Gasteiger partial charge in [0.05, 0.1) is 35.5 Å². The van der Waals surface area contributed by atoms with Gasteiger partial charge in [-0.1, -0.05) is 0 Å². The van der Waals surface area contributed by atoms with Crippen molar-refractivity contribution in [2.75, 3.05) is 5.32 Å². The van der Waals surface area contributed by atoms with Crippen molar-refractivity contribution in [2.24, 2.45) is 0 Å². The van der Waals surface area contributed by atoms with Crippen LogP contribution in [0.1, 0.15) is 11.4 Å². The lowest BCUT2D eigenvalue weighted by Gasteiger charge is -2.22. The number of hydrogen-bond donors (Lipinski definition) is 4. The maximum absolute atomic E-state index is 12.3. The van der Waals surface area contributed by atoms with Crippen molar-refractivity contribution in [3.63, 3.8) is 0 Å². The van der Waals surface area contributed by atoms with Gasteiger partial charge in [0.25, 0.3) is 0 Å². The zero-order valence-electron chi connectivity index (χ0n) is 11.2. The number of anilines is 1. The topological polar surface area (TPSA) is 98.5 Å². The third-order valence-corrected chi connectivity index (χ3v) is 3.75. The molecule has 3 aromatic rings. The van der Waals surface area contributed by atoms with Crippen LogP contribution in [0.25, 0.3) is 10.9 Å². The first-order chi connectivity index (χ1) is 10.3. The molecule has 1 atom stereocenters. The van der Waals surface area contributed by atoms with Crippen LogP contribution in [0.4, 0.5) is 5.69 Å². The minimum Gasteiger partial charge on any atom is -0.347 e. The van der Waals surface area contributed by atoms with Crippen molar-refractivity contribution in [2.45, 2.75) is 19.0 Å². The maximum Gasteiger partial charge on any atom is 0.241 e. The summed E-state index contributed by atoms with van der Waals surface area (Å²) in [6.45, 7) is 0.633. The van der Waals surface area contributed by atoms with Crippen molar-refractivity contribution in [1.82, 2.24) is 25.5 Å². The number of fused-ring (bicyclic) bond motifs is 2. The summed E-state index contributed by atoms with van der Waals surface area (Å²) < 4.78 is 0. The Morgan fingerprint density at radius 3 is 3.29 bits per heavy atom. The molecule has 106 valence electrons. The summed E-state index contributed by atoms with van der Waals surface area (Å²) in [6.07, 6.45) is 4.00. The number of aromatic amines is 2. The van der Waals surface area contributed by atoms with Crippen LogP contribution in [0.5, 0.6) is 0 Å². The van der Waals surface area contributed by atoms with Gasteiger partial charge < -0.3 is 10.3 Å². The van der Waals surface area contributed by atoms with Gasteiger partial charge >= 0.3 is 0 Å². The summed E-state index contributed by atoms with van der Waals surface area (Å²) in [4.78, 5) is 19.6. The Kier molecular flexibility index (Phi) is 2.71. The Morgan fingerprint density at radius 2 is 2.33 bits per heavy atom. The van der Waals surface area contributed by atoms with E-state index in [0.717, 1.165) is 28.0 Å². The largest absolute Gasteiger partial charge is 0.347 e. The molecule has 7 nitrogen and oxygen atoms in total. The van der Waals surface area contributed by atoms with E-state index in [2.05, 4.69) is 30.8 Å². The minimum atomic E-state index is -0.263. The Labute approximate surface area is 120 Å². The van der Waals surface area contributed by atoms with E-state index in [1.54, 1.807) is 12.5 Å². The van der Waals surface area contributed by atoms with Crippen LogP contribution in [-0.2, 0) is 17.8 Å². The number of amides is 1. The number of carbonyl (C=O) groups is 1. The molecule has 4 rings (SSSR count). The van der Waals surface area contributed by atoms with Crippen molar-refractivity contribution in [1.29, 1.82) is 0 Å². The van der Waals surface area contributed by atoms with E-state index in [4.69, 9.17) is 0 Å². The Morgan fingerprint density at radius 1 is 1.38 bits per heavy atom. The highest BCUT2D eigenvalue weighted by molar-refractivity contribution is 5.97. The third-order valence-electron chi connectivity index (χ3n) is 3.75. The van der Waals surface area contributed by atoms with Crippen LogP contribution in [-0.4, -0.2) is 32.1 Å². The molecular weight excluding hydrogens is 268 g/mol. The van der Waals surface area contributed by atoms with Gasteiger partial charge in [0.2, 0.25) is 5.91 Å². The van der Waals surface area contributed by atoms with E-state index in [0.29, 0.717) is 13.0 Å². The maximum atomic E-state index is 12.3. The van der Waals surface area contributed by atoms with Crippen LogP contribution >= 0.6 is 0 Å². The van der Waals surface area contributed by atoms with Crippen molar-refractivity contribution in [3.05, 3.63) is 42.1 Å². The first-order valence-corrected chi connectivity index (χ1v) is 6.78. The molecule has 0 saturated heterocycles. The molecule has 0 radical (unpaired) electrons. The molecule has 0 saturated carbocycles. The lowest BCUT2D eigenvalue weighted by molar-refractivity contribution is -0.118. The quantitative estimate of drug-likeness (QED) is 0.562. The summed E-state index contributed by atoms with van der Waals surface area (Å²) >= 11 is 0. The smallest absolute Gasteiger partial charge is 0.241 e. The van der Waals surface area contributed by atoms with Crippen molar-refractivity contribution >= 4 is 22.5 Å². The SMILES string of the molecule is O=C(Nc1ccc2[nH]ncc2c1)C1Cc2nc[nH]c2CN1. The van der Waals surface area contributed by atoms with E-state index < -0.39 is 0 Å². The number of hydrogen-bond acceptors (Lipinski definition) is 4. The van der Waals surface area contributed by atoms with Gasteiger partial charge in [0.15, 0.2) is 0 Å². The lowest BCUT2D eigenvalue weighted by atomic mass is 10.0. The second-order valence-corrected chi connectivity index (χ2v) is 5.13. The molecule has 0 spiro atoms. The van der Waals surface area contributed by atoms with Gasteiger partial charge in [-0.25, -0.2) is 4.98 Å². The normalized spacial score (nSPS) is 17.6. The summed E-state index contributed by atoms with van der Waals surface area (Å²) in [6, 6.07) is 5.40. The number of benzene rings is 1. The Hall–Kier alpha value is -2.67. The highest BCUT2D eigenvalue weighted by atomic mass is 16.2. The number of imidazole rings is 1. The molecule has 1 amide bonds. The zero-order chi connectivity index (χ0) is 14.2. The van der Waals surface area contributed by atoms with Crippen molar-refractivity contribution < 1.29 is 4.79 Å². The molecule has 0 bridgehead atoms. The fourth-order valence-electron chi connectivity index (χ4n) is 2.60. The zero-order valence-corrected chi connectivity index (χ0v) is 11.2. The molecule has 1 aliphatic heterocycles. The van der Waals surface area contributed by atoms with Crippen LogP contribution < -0.4 is 10.6 Å². The second kappa shape index (κ2) is 4.71. The van der Waals surface area contributed by atoms with Gasteiger partial charge in [0.1, 0.15) is 0 Å². The van der Waals surface area contributed by atoms with E-state index in [9.17, 15) is 4.79 Å². The predicted molar refractivity (Wildman–Crippen MR) is 77.6 cm³/mol. The van der Waals surface area contributed by atoms with Crippen LogP contribution in [0.3, 0.4) is 0 Å². The van der Waals surface area contributed by atoms with Gasteiger partial charge in [-0.3, -0.25) is 15.2 Å². The summed E-state index contributed by atoms with van der Waals surface area (Å²) in [5.41, 5.74) is 3.73. The monoisotopic (exact) mass is 282 g/mol. The first kappa shape index (κ1) is 12.1. The highest BCUT2D eigenvalue weighted by Gasteiger charge is 2.25. The number of aromatic nitrogens is 4. The predicted octanol–water partition coefficient (Wildman–Crippen LogP) is 0.939. The van der Waals surface area contributed by atoms with E-state index in [1.165, 1.54) is 0 Å². The number of rotatable bonds is 2. The molecule has 2 aromatic heterocycles. The molecule has 21 heavy (non-hydrogen) atoms. The highest BCUT2D eigenvalue weighted by Crippen LogP contribution is 2.18. The Bertz CT molecular complexity index is 805. The number of nitrogens with one attached hydrogen (secondary N) is 4. The average Bonchev–Trinajstić information content (AvgIpc) is 3.14. The molecule has 0 aliphatic carbocycles. The molecule has 4 N–H and O–H groups in total. The molecule has 1 aliphatic rings. The fraction of sp³-hybridized carbons (Fsp3) is 0.214. The lowest BCUT2D eigenvalue weighted by Crippen LogP contribution is -2.44. The van der Waals surface area contributed by atoms with E-state index in [1.807, 2.05) is 18.2 Å². The standard InChI is InChI=1S/C14H14N6O/c21-14(12-4-11-13(6-15-12)17-7-16-11)19-9-1-2-10-8(3-9)5-18-20-10/h1-3,5,7,12,15H,4,6H2,(H,16,17)(H,18,20)(H,19,21). The average molecular weight is 282 g/mol. The molecule has 0 fully saturated rings. The molecule has 1 aromatic carbocycles. The molecule has 7 heteroatoms. The minimum absolute atomic E-state index is 0.0495. The van der Waals surface area contributed by atoms with E-state index >= 15 is 0 Å². The summed E-state index contributed by atoms with van der Waals surface area (Å²) in [5.74, 6) is -0.0495. The van der Waals surface area contributed by atoms with Gasteiger partial charge in [-0.15, -0.1) is 0 Å². The van der Waals surface area contributed by atoms with Crippen LogP contribution in [0.2, 0.25) is 0 Å². The fourth-order valence-corrected chi connectivity index (χ4v) is 2.60.